The highest BCUT2D eigenvalue weighted by atomic mass is 16.3. The summed E-state index contributed by atoms with van der Waals surface area (Å²) in [7, 11) is 0. The Hall–Kier alpha value is -1.20. The van der Waals surface area contributed by atoms with Gasteiger partial charge < -0.3 is 15.3 Å². The number of aryl methyl sites for hydroxylation is 1. The maximum absolute atomic E-state index is 9.45. The zero-order valence-electron chi connectivity index (χ0n) is 9.89. The summed E-state index contributed by atoms with van der Waals surface area (Å²) in [5.41, 5.74) is 2.32. The van der Waals surface area contributed by atoms with Crippen molar-refractivity contribution in [2.24, 2.45) is 0 Å². The van der Waals surface area contributed by atoms with E-state index < -0.39 is 0 Å². The second kappa shape index (κ2) is 4.58. The molecule has 0 amide bonds. The van der Waals surface area contributed by atoms with Gasteiger partial charge in [0, 0.05) is 43.4 Å². The maximum Gasteiger partial charge on any atom is 0.135 e. The molecule has 17 heavy (non-hydrogen) atoms. The fourth-order valence-corrected chi connectivity index (χ4v) is 2.81. The van der Waals surface area contributed by atoms with Gasteiger partial charge in [-0.15, -0.1) is 0 Å². The van der Waals surface area contributed by atoms with Crippen molar-refractivity contribution in [3.63, 3.8) is 0 Å². The van der Waals surface area contributed by atoms with Crippen molar-refractivity contribution in [3.8, 4) is 0 Å². The van der Waals surface area contributed by atoms with Gasteiger partial charge in [-0.05, 0) is 12.8 Å². The van der Waals surface area contributed by atoms with Crippen molar-refractivity contribution in [2.75, 3.05) is 37.7 Å². The Balaban J connectivity index is 1.96. The van der Waals surface area contributed by atoms with Crippen LogP contribution >= 0.6 is 0 Å². The van der Waals surface area contributed by atoms with Gasteiger partial charge in [-0.3, -0.25) is 0 Å². The lowest BCUT2D eigenvalue weighted by molar-refractivity contribution is 0.265. The van der Waals surface area contributed by atoms with Crippen LogP contribution in [0.25, 0.3) is 0 Å². The molecule has 5 nitrogen and oxygen atoms in total. The second-order valence-electron chi connectivity index (χ2n) is 4.71. The van der Waals surface area contributed by atoms with Gasteiger partial charge in [0.15, 0.2) is 0 Å². The van der Waals surface area contributed by atoms with Crippen molar-refractivity contribution in [1.82, 2.24) is 15.3 Å². The standard InChI is InChI=1S/C12H18N4O/c17-7-9-1-2-10-11(9)12(15-8-14-10)16-5-3-13-4-6-16/h8-9,13,17H,1-7H2/t9-/m0/s1. The topological polar surface area (TPSA) is 61.3 Å². The fraction of sp³-hybridized carbons (Fsp3) is 0.667. The zero-order valence-corrected chi connectivity index (χ0v) is 9.89. The lowest BCUT2D eigenvalue weighted by atomic mass is 10.0. The molecule has 5 heteroatoms. The van der Waals surface area contributed by atoms with Gasteiger partial charge in [0.1, 0.15) is 12.1 Å². The molecule has 1 aliphatic heterocycles. The number of anilines is 1. The average Bonchev–Trinajstić information content (AvgIpc) is 2.82. The Morgan fingerprint density at radius 3 is 2.94 bits per heavy atom. The summed E-state index contributed by atoms with van der Waals surface area (Å²) < 4.78 is 0. The highest BCUT2D eigenvalue weighted by molar-refractivity contribution is 5.53. The van der Waals surface area contributed by atoms with E-state index in [9.17, 15) is 5.11 Å². The molecule has 0 aromatic carbocycles. The average molecular weight is 234 g/mol. The number of nitrogens with one attached hydrogen (secondary N) is 1. The first kappa shape index (κ1) is 10.9. The number of fused-ring (bicyclic) bond motifs is 1. The molecule has 1 aromatic heterocycles. The van der Waals surface area contributed by atoms with Crippen LogP contribution in [0.2, 0.25) is 0 Å². The molecular formula is C12H18N4O. The third kappa shape index (κ3) is 1.89. The molecule has 0 bridgehead atoms. The van der Waals surface area contributed by atoms with E-state index in [2.05, 4.69) is 20.2 Å². The second-order valence-corrected chi connectivity index (χ2v) is 4.71. The third-order valence-corrected chi connectivity index (χ3v) is 3.72. The molecule has 0 saturated carbocycles. The first-order chi connectivity index (χ1) is 8.40. The lowest BCUT2D eigenvalue weighted by Gasteiger charge is -2.30. The third-order valence-electron chi connectivity index (χ3n) is 3.72. The van der Waals surface area contributed by atoms with Gasteiger partial charge in [0.05, 0.1) is 6.61 Å². The van der Waals surface area contributed by atoms with Crippen LogP contribution in [-0.2, 0) is 6.42 Å². The maximum atomic E-state index is 9.45. The van der Waals surface area contributed by atoms with Gasteiger partial charge in [0.25, 0.3) is 0 Å². The molecule has 2 heterocycles. The van der Waals surface area contributed by atoms with E-state index in [1.54, 1.807) is 6.33 Å². The van der Waals surface area contributed by atoms with Gasteiger partial charge >= 0.3 is 0 Å². The summed E-state index contributed by atoms with van der Waals surface area (Å²) in [6, 6.07) is 0. The normalized spacial score (nSPS) is 23.8. The Kier molecular flexibility index (Phi) is 2.94. The van der Waals surface area contributed by atoms with Crippen LogP contribution in [0.1, 0.15) is 23.6 Å². The summed E-state index contributed by atoms with van der Waals surface area (Å²) >= 11 is 0. The van der Waals surface area contributed by atoms with Crippen LogP contribution in [0.4, 0.5) is 5.82 Å². The summed E-state index contributed by atoms with van der Waals surface area (Å²) in [5, 5.41) is 12.8. The van der Waals surface area contributed by atoms with E-state index in [1.807, 2.05) is 0 Å². The van der Waals surface area contributed by atoms with E-state index in [-0.39, 0.29) is 12.5 Å². The Bertz CT molecular complexity index is 403. The van der Waals surface area contributed by atoms with Gasteiger partial charge in [-0.2, -0.15) is 0 Å². The van der Waals surface area contributed by atoms with E-state index in [1.165, 1.54) is 5.56 Å². The molecule has 1 atom stereocenters. The molecule has 0 radical (unpaired) electrons. The Morgan fingerprint density at radius 2 is 2.18 bits per heavy atom. The van der Waals surface area contributed by atoms with Crippen LogP contribution in [0.5, 0.6) is 0 Å². The molecular weight excluding hydrogens is 216 g/mol. The first-order valence-electron chi connectivity index (χ1n) is 6.30. The molecule has 1 aliphatic carbocycles. The van der Waals surface area contributed by atoms with Crippen molar-refractivity contribution >= 4 is 5.82 Å². The number of hydrogen-bond donors (Lipinski definition) is 2. The van der Waals surface area contributed by atoms with Crippen molar-refractivity contribution in [3.05, 3.63) is 17.6 Å². The van der Waals surface area contributed by atoms with Crippen LogP contribution in [0.3, 0.4) is 0 Å². The molecule has 1 saturated heterocycles. The smallest absolute Gasteiger partial charge is 0.135 e. The number of hydrogen-bond acceptors (Lipinski definition) is 5. The Labute approximate surface area is 101 Å². The molecule has 0 spiro atoms. The predicted molar refractivity (Wildman–Crippen MR) is 65.3 cm³/mol. The van der Waals surface area contributed by atoms with Crippen LogP contribution < -0.4 is 10.2 Å². The van der Waals surface area contributed by atoms with E-state index >= 15 is 0 Å². The van der Waals surface area contributed by atoms with E-state index in [0.717, 1.165) is 50.5 Å². The quantitative estimate of drug-likeness (QED) is 0.749. The fourth-order valence-electron chi connectivity index (χ4n) is 2.81. The highest BCUT2D eigenvalue weighted by Gasteiger charge is 2.29. The summed E-state index contributed by atoms with van der Waals surface area (Å²) in [4.78, 5) is 11.1. The molecule has 3 rings (SSSR count). The van der Waals surface area contributed by atoms with Crippen LogP contribution in [-0.4, -0.2) is 47.9 Å². The minimum Gasteiger partial charge on any atom is -0.396 e. The highest BCUT2D eigenvalue weighted by Crippen LogP contribution is 2.36. The molecule has 1 aromatic rings. The summed E-state index contributed by atoms with van der Waals surface area (Å²) in [6.07, 6.45) is 3.64. The minimum atomic E-state index is 0.208. The summed E-state index contributed by atoms with van der Waals surface area (Å²) in [6.45, 7) is 4.19. The molecule has 1 fully saturated rings. The van der Waals surface area contributed by atoms with Crippen molar-refractivity contribution in [2.45, 2.75) is 18.8 Å². The predicted octanol–water partition coefficient (Wildman–Crippen LogP) is -0.0917. The van der Waals surface area contributed by atoms with E-state index in [4.69, 9.17) is 0 Å². The summed E-state index contributed by atoms with van der Waals surface area (Å²) in [5.74, 6) is 1.28. The molecule has 2 aliphatic rings. The number of aromatic nitrogens is 2. The van der Waals surface area contributed by atoms with Gasteiger partial charge in [-0.1, -0.05) is 0 Å². The zero-order chi connectivity index (χ0) is 11.7. The number of rotatable bonds is 2. The largest absolute Gasteiger partial charge is 0.396 e. The van der Waals surface area contributed by atoms with Crippen molar-refractivity contribution in [1.29, 1.82) is 0 Å². The molecule has 2 N–H and O–H groups in total. The minimum absolute atomic E-state index is 0.208. The van der Waals surface area contributed by atoms with Crippen LogP contribution in [0.15, 0.2) is 6.33 Å². The van der Waals surface area contributed by atoms with Gasteiger partial charge in [0.2, 0.25) is 0 Å². The molecule has 0 unspecified atom stereocenters. The number of aliphatic hydroxyl groups excluding tert-OH is 1. The number of piperazine rings is 1. The van der Waals surface area contributed by atoms with E-state index in [0.29, 0.717) is 0 Å². The molecule has 92 valence electrons. The lowest BCUT2D eigenvalue weighted by Crippen LogP contribution is -2.44. The van der Waals surface area contributed by atoms with Gasteiger partial charge in [-0.25, -0.2) is 9.97 Å². The SMILES string of the molecule is OC[C@@H]1CCc2ncnc(N3CCNCC3)c21. The number of nitrogens with zero attached hydrogens (tertiary/aromatic N) is 3. The number of aliphatic hydroxyl groups is 1. The van der Waals surface area contributed by atoms with Crippen LogP contribution in [0, 0.1) is 0 Å². The first-order valence-corrected chi connectivity index (χ1v) is 6.30. The Morgan fingerprint density at radius 1 is 1.35 bits per heavy atom. The van der Waals surface area contributed by atoms with Crippen molar-refractivity contribution < 1.29 is 5.11 Å². The monoisotopic (exact) mass is 234 g/mol.